The molecule has 1 aromatic heterocycles. The van der Waals surface area contributed by atoms with Gasteiger partial charge in [-0.15, -0.1) is 10.2 Å². The largest absolute Gasteiger partial charge is 0.279 e. The lowest BCUT2D eigenvalue weighted by Gasteiger charge is -2.28. The average molecular weight is 400 g/mol. The molecule has 0 radical (unpaired) electrons. The number of H-pyrrole nitrogens is 1. The number of benzene rings is 2. The van der Waals surface area contributed by atoms with Gasteiger partial charge in [-0.2, -0.15) is 5.21 Å². The van der Waals surface area contributed by atoms with Crippen molar-refractivity contribution in [3.63, 3.8) is 0 Å². The molecule has 0 saturated heterocycles. The van der Waals surface area contributed by atoms with Gasteiger partial charge in [-0.25, -0.2) is 0 Å². The zero-order valence-corrected chi connectivity index (χ0v) is 18.2. The first-order chi connectivity index (χ1) is 14.5. The van der Waals surface area contributed by atoms with E-state index in [0.29, 0.717) is 11.7 Å². The normalized spacial score (nSPS) is 18.6. The van der Waals surface area contributed by atoms with Gasteiger partial charge in [-0.3, -0.25) is 4.99 Å². The third-order valence-electron chi connectivity index (χ3n) is 5.79. The van der Waals surface area contributed by atoms with Gasteiger partial charge in [0.25, 0.3) is 0 Å². The quantitative estimate of drug-likeness (QED) is 0.556. The van der Waals surface area contributed by atoms with Gasteiger partial charge in [0.15, 0.2) is 0 Å². The predicted octanol–water partition coefficient (Wildman–Crippen LogP) is 5.67. The first-order valence-corrected chi connectivity index (χ1v) is 10.7. The smallest absolute Gasteiger partial charge is 0.205 e. The first-order valence-electron chi connectivity index (χ1n) is 10.7. The molecule has 0 saturated carbocycles. The topological polar surface area (TPSA) is 66.8 Å². The van der Waals surface area contributed by atoms with Crippen LogP contribution in [0.2, 0.25) is 0 Å². The molecule has 1 N–H and O–H groups in total. The maximum absolute atomic E-state index is 5.13. The van der Waals surface area contributed by atoms with Crippen molar-refractivity contribution < 1.29 is 0 Å². The molecule has 4 rings (SSSR count). The minimum absolute atomic E-state index is 0.150. The maximum Gasteiger partial charge on any atom is 0.205 e. The van der Waals surface area contributed by atoms with Crippen molar-refractivity contribution in [3.8, 4) is 22.5 Å². The van der Waals surface area contributed by atoms with Crippen molar-refractivity contribution in [2.24, 2.45) is 10.9 Å². The molecule has 5 heteroatoms. The van der Waals surface area contributed by atoms with Crippen molar-refractivity contribution >= 4 is 5.71 Å². The highest BCUT2D eigenvalue weighted by Crippen LogP contribution is 2.37. The van der Waals surface area contributed by atoms with E-state index < -0.39 is 0 Å². The number of rotatable bonds is 7. The van der Waals surface area contributed by atoms with E-state index in [1.165, 1.54) is 16.8 Å². The molecule has 3 aromatic rings. The van der Waals surface area contributed by atoms with Crippen LogP contribution in [0.4, 0.5) is 0 Å². The summed E-state index contributed by atoms with van der Waals surface area (Å²) in [5.74, 6) is 1.10. The van der Waals surface area contributed by atoms with Gasteiger partial charge < -0.3 is 0 Å². The molecule has 1 unspecified atom stereocenters. The Kier molecular flexibility index (Phi) is 5.62. The Hall–Kier alpha value is -3.08. The van der Waals surface area contributed by atoms with Crippen LogP contribution in [-0.2, 0) is 6.42 Å². The molecule has 0 spiro atoms. The van der Waals surface area contributed by atoms with Crippen LogP contribution in [0.15, 0.2) is 65.2 Å². The molecule has 0 bridgehead atoms. The first kappa shape index (κ1) is 20.2. The van der Waals surface area contributed by atoms with Gasteiger partial charge in [0, 0.05) is 17.7 Å². The maximum atomic E-state index is 5.13. The fourth-order valence-electron chi connectivity index (χ4n) is 4.47. The van der Waals surface area contributed by atoms with Gasteiger partial charge in [0.05, 0.1) is 5.54 Å². The van der Waals surface area contributed by atoms with Crippen LogP contribution < -0.4 is 0 Å². The SMILES string of the molecule is CCCC1=NC(C)(Cc2ccc(-c3ccccc3-c3nn[nH]n3)cc2)C(C(C)C)=C1. The number of aromatic nitrogens is 4. The average Bonchev–Trinajstić information content (AvgIpc) is 3.37. The van der Waals surface area contributed by atoms with Crippen LogP contribution in [0.5, 0.6) is 0 Å². The number of hydrogen-bond acceptors (Lipinski definition) is 4. The number of nitrogens with zero attached hydrogens (tertiary/aromatic N) is 4. The molecule has 0 aliphatic carbocycles. The second-order valence-corrected chi connectivity index (χ2v) is 8.54. The zero-order valence-electron chi connectivity index (χ0n) is 18.2. The van der Waals surface area contributed by atoms with E-state index in [2.05, 4.69) is 84.7 Å². The monoisotopic (exact) mass is 399 g/mol. The molecule has 2 aromatic carbocycles. The highest BCUT2D eigenvalue weighted by atomic mass is 15.5. The fourth-order valence-corrected chi connectivity index (χ4v) is 4.47. The van der Waals surface area contributed by atoms with Gasteiger partial charge in [-0.05, 0) is 52.8 Å². The molecule has 0 fully saturated rings. The van der Waals surface area contributed by atoms with Crippen LogP contribution in [0.1, 0.15) is 46.1 Å². The molecule has 154 valence electrons. The van der Waals surface area contributed by atoms with Crippen molar-refractivity contribution in [2.45, 2.75) is 52.5 Å². The standard InChI is InChI=1S/C25H29N5/c1-5-8-20-15-23(17(2)3)25(4,26-20)16-18-11-13-19(14-12-18)21-9-6-7-10-22(21)24-27-29-30-28-24/h6-7,9-15,17H,5,8,16H2,1-4H3,(H,27,28,29,30). The van der Waals surface area contributed by atoms with Gasteiger partial charge >= 0.3 is 0 Å². The highest BCUT2D eigenvalue weighted by Gasteiger charge is 2.34. The number of hydrogen-bond donors (Lipinski definition) is 1. The lowest BCUT2D eigenvalue weighted by molar-refractivity contribution is 0.502. The Bertz CT molecular complexity index is 1060. The molecule has 2 heterocycles. The van der Waals surface area contributed by atoms with Crippen molar-refractivity contribution in [3.05, 3.63) is 65.7 Å². The van der Waals surface area contributed by atoms with Crippen LogP contribution in [0.25, 0.3) is 22.5 Å². The van der Waals surface area contributed by atoms with Crippen LogP contribution in [-0.4, -0.2) is 31.9 Å². The van der Waals surface area contributed by atoms with E-state index >= 15 is 0 Å². The van der Waals surface area contributed by atoms with E-state index in [-0.39, 0.29) is 5.54 Å². The summed E-state index contributed by atoms with van der Waals surface area (Å²) in [6.07, 6.45) is 5.43. The van der Waals surface area contributed by atoms with Crippen molar-refractivity contribution in [2.75, 3.05) is 0 Å². The van der Waals surface area contributed by atoms with E-state index in [1.807, 2.05) is 18.2 Å². The Labute approximate surface area is 178 Å². The third-order valence-corrected chi connectivity index (χ3v) is 5.79. The zero-order chi connectivity index (χ0) is 21.1. The van der Waals surface area contributed by atoms with Crippen LogP contribution in [0.3, 0.4) is 0 Å². The van der Waals surface area contributed by atoms with Crippen molar-refractivity contribution in [1.29, 1.82) is 0 Å². The fraction of sp³-hybridized carbons (Fsp3) is 0.360. The van der Waals surface area contributed by atoms with E-state index in [9.17, 15) is 0 Å². The van der Waals surface area contributed by atoms with Gasteiger partial charge in [0.1, 0.15) is 0 Å². The molecule has 1 aliphatic heterocycles. The van der Waals surface area contributed by atoms with E-state index in [0.717, 1.165) is 36.0 Å². The van der Waals surface area contributed by atoms with E-state index in [4.69, 9.17) is 4.99 Å². The second kappa shape index (κ2) is 8.34. The van der Waals surface area contributed by atoms with Crippen LogP contribution >= 0.6 is 0 Å². The third kappa shape index (κ3) is 3.97. The molecule has 30 heavy (non-hydrogen) atoms. The molecule has 1 atom stereocenters. The second-order valence-electron chi connectivity index (χ2n) is 8.54. The summed E-state index contributed by atoms with van der Waals surface area (Å²) < 4.78 is 0. The summed E-state index contributed by atoms with van der Waals surface area (Å²) in [5.41, 5.74) is 7.05. The minimum Gasteiger partial charge on any atom is -0.279 e. The number of aromatic amines is 1. The molecule has 1 aliphatic rings. The summed E-state index contributed by atoms with van der Waals surface area (Å²) in [5, 5.41) is 14.5. The van der Waals surface area contributed by atoms with Gasteiger partial charge in [-0.1, -0.05) is 75.7 Å². The summed E-state index contributed by atoms with van der Waals surface area (Å²) in [6, 6.07) is 17.0. The lowest BCUT2D eigenvalue weighted by atomic mass is 9.81. The Morgan fingerprint density at radius 1 is 1.00 bits per heavy atom. The highest BCUT2D eigenvalue weighted by molar-refractivity contribution is 5.98. The molecular formula is C25H29N5. The van der Waals surface area contributed by atoms with Crippen molar-refractivity contribution in [1.82, 2.24) is 20.6 Å². The van der Waals surface area contributed by atoms with E-state index in [1.54, 1.807) is 0 Å². The summed E-state index contributed by atoms with van der Waals surface area (Å²) in [4.78, 5) is 5.13. The summed E-state index contributed by atoms with van der Waals surface area (Å²) in [7, 11) is 0. The Balaban J connectivity index is 1.61. The molecule has 5 nitrogen and oxygen atoms in total. The predicted molar refractivity (Wildman–Crippen MR) is 122 cm³/mol. The number of aliphatic imine (C=N–C) groups is 1. The Morgan fingerprint density at radius 2 is 1.73 bits per heavy atom. The summed E-state index contributed by atoms with van der Waals surface area (Å²) >= 11 is 0. The van der Waals surface area contributed by atoms with Crippen LogP contribution in [0, 0.1) is 5.92 Å². The summed E-state index contributed by atoms with van der Waals surface area (Å²) in [6.45, 7) is 9.03. The molecular weight excluding hydrogens is 370 g/mol. The Morgan fingerprint density at radius 3 is 2.37 bits per heavy atom. The molecule has 0 amide bonds. The number of tetrazole rings is 1. The minimum atomic E-state index is -0.150. The number of nitrogens with one attached hydrogen (secondary N) is 1. The van der Waals surface area contributed by atoms with Gasteiger partial charge in [0.2, 0.25) is 5.82 Å². The number of allylic oxidation sites excluding steroid dienone is 1. The lowest BCUT2D eigenvalue weighted by Crippen LogP contribution is -2.28.